The summed E-state index contributed by atoms with van der Waals surface area (Å²) in [6.45, 7) is 6.75. The topological polar surface area (TPSA) is 150 Å². The van der Waals surface area contributed by atoms with Crippen molar-refractivity contribution in [2.75, 3.05) is 11.5 Å². The number of nitrogen functional groups attached to an aromatic ring is 2. The Balaban J connectivity index is 0.00000183. The molecule has 0 saturated heterocycles. The number of nitro groups is 2. The second kappa shape index (κ2) is 13.7. The van der Waals surface area contributed by atoms with Gasteiger partial charge in [0.1, 0.15) is 0 Å². The van der Waals surface area contributed by atoms with E-state index in [1.165, 1.54) is 102 Å². The number of nitrogens with zero attached hydrogens (tertiary/aromatic N) is 2. The number of fused-ring (bicyclic) bond motifs is 5. The average Bonchev–Trinajstić information content (AvgIpc) is 3.16. The summed E-state index contributed by atoms with van der Waals surface area (Å²) in [7, 11) is 0. The Morgan fingerprint density at radius 2 is 1.11 bits per heavy atom. The van der Waals surface area contributed by atoms with Gasteiger partial charge >= 0.3 is 0 Å². The molecule has 0 aliphatic heterocycles. The number of rotatable bonds is 5. The minimum Gasteiger partial charge on any atom is -0.398 e. The van der Waals surface area contributed by atoms with Crippen molar-refractivity contribution in [1.82, 2.24) is 5.32 Å². The molecule has 0 heterocycles. The number of anilines is 2. The fourth-order valence-corrected chi connectivity index (χ4v) is 16.6. The molecule has 5 N–H and O–H groups in total. The van der Waals surface area contributed by atoms with E-state index in [9.17, 15) is 20.2 Å². The highest BCUT2D eigenvalue weighted by Crippen LogP contribution is 2.72. The van der Waals surface area contributed by atoms with Crippen LogP contribution in [0.2, 0.25) is 0 Å². The largest absolute Gasteiger partial charge is 0.398 e. The second-order valence-electron chi connectivity index (χ2n) is 19.0. The molecule has 8 aliphatic rings. The van der Waals surface area contributed by atoms with Crippen molar-refractivity contribution in [2.45, 2.75) is 123 Å². The minimum absolute atomic E-state index is 0.0957. The van der Waals surface area contributed by atoms with Crippen LogP contribution in [0.15, 0.2) is 18.2 Å². The molecule has 0 radical (unpaired) electrons. The van der Waals surface area contributed by atoms with Crippen molar-refractivity contribution in [3.05, 3.63) is 44.0 Å². The zero-order valence-corrected chi connectivity index (χ0v) is 32.3. The highest BCUT2D eigenvalue weighted by atomic mass is 16.6. The van der Waals surface area contributed by atoms with Gasteiger partial charge in [-0.25, -0.2) is 0 Å². The quantitative estimate of drug-likeness (QED) is 0.158. The van der Waals surface area contributed by atoms with Gasteiger partial charge in [-0.2, -0.15) is 0 Å². The fraction of sp³-hybridized carbons (Fsp3) is 0.773. The van der Waals surface area contributed by atoms with Gasteiger partial charge in [-0.1, -0.05) is 52.9 Å². The summed E-state index contributed by atoms with van der Waals surface area (Å²) in [5.74, 6) is 13.4. The predicted molar refractivity (Wildman–Crippen MR) is 211 cm³/mol. The van der Waals surface area contributed by atoms with E-state index in [0.717, 1.165) is 83.4 Å². The Bertz CT molecular complexity index is 1720. The lowest BCUT2D eigenvalue weighted by atomic mass is 9.35. The van der Waals surface area contributed by atoms with E-state index >= 15 is 0 Å². The predicted octanol–water partition coefficient (Wildman–Crippen LogP) is 10.1. The van der Waals surface area contributed by atoms with Gasteiger partial charge in [0, 0.05) is 52.9 Å². The van der Waals surface area contributed by atoms with Crippen molar-refractivity contribution in [1.29, 1.82) is 0 Å². The third-order valence-corrected chi connectivity index (χ3v) is 17.7. The van der Waals surface area contributed by atoms with E-state index < -0.39 is 9.85 Å². The van der Waals surface area contributed by atoms with Gasteiger partial charge in [0.05, 0.1) is 15.4 Å². The van der Waals surface area contributed by atoms with Crippen molar-refractivity contribution < 1.29 is 9.85 Å². The molecule has 16 unspecified atom stereocenters. The van der Waals surface area contributed by atoms with Crippen LogP contribution in [-0.4, -0.2) is 15.9 Å². The molecular formula is C44H63N5O4. The SMILES string of the molecule is CC.CC1CCC2C3CCC4C5CCCC6CCCC(C7CCC(C8CCC(NCc9c([N+](=O)[O-])cc(N)c%10c(N)cc([N+](=O)[O-])cc9%10)C1C28)C3C47)C65. The van der Waals surface area contributed by atoms with Gasteiger partial charge in [-0.05, 0) is 147 Å². The molecule has 0 amide bonds. The standard InChI is InChI=1S/C42H57N5O4.C2H6/c1-20-8-9-25-28-12-10-26-23-6-2-4-21-5-3-7-24(38(21)23)27-11-13-29(41(28)40(26)27)30-14-15-35(37(20)39(25)30)45-19-32-31-16-22(46(48)49)17-33(43)42(31)34(44)18-36(32)47(50)51;1-2/h16-18,20-21,23-30,35,37-41,45H,2-15,19,43-44H2,1H3;1-2H3. The third kappa shape index (κ3) is 5.38. The van der Waals surface area contributed by atoms with E-state index in [4.69, 9.17) is 11.5 Å². The van der Waals surface area contributed by atoms with E-state index in [-0.39, 0.29) is 35.3 Å². The lowest BCUT2D eigenvalue weighted by Gasteiger charge is -2.70. The normalized spacial score (nSPS) is 43.3. The van der Waals surface area contributed by atoms with E-state index in [0.29, 0.717) is 28.2 Å². The summed E-state index contributed by atoms with van der Waals surface area (Å²) in [5, 5.41) is 29.0. The van der Waals surface area contributed by atoms with Crippen molar-refractivity contribution in [3.8, 4) is 0 Å². The van der Waals surface area contributed by atoms with Gasteiger partial charge in [0.15, 0.2) is 0 Å². The first-order chi connectivity index (χ1) is 25.7. The highest BCUT2D eigenvalue weighted by molar-refractivity contribution is 6.06. The van der Waals surface area contributed by atoms with Crippen LogP contribution >= 0.6 is 0 Å². The van der Waals surface area contributed by atoms with Crippen LogP contribution in [-0.2, 0) is 6.54 Å². The Hall–Kier alpha value is -2.94. The Labute approximate surface area is 315 Å². The number of non-ortho nitro benzene ring substituents is 1. The first kappa shape index (κ1) is 35.7. The van der Waals surface area contributed by atoms with Crippen molar-refractivity contribution in [3.63, 3.8) is 0 Å². The highest BCUT2D eigenvalue weighted by Gasteiger charge is 2.66. The molecule has 8 saturated carbocycles. The maximum atomic E-state index is 12.4. The number of hydrogen-bond acceptors (Lipinski definition) is 7. The molecule has 9 nitrogen and oxygen atoms in total. The molecule has 0 aromatic heterocycles. The maximum absolute atomic E-state index is 12.4. The summed E-state index contributed by atoms with van der Waals surface area (Å²) in [6, 6.07) is 4.38. The van der Waals surface area contributed by atoms with E-state index in [2.05, 4.69) is 12.2 Å². The zero-order chi connectivity index (χ0) is 36.9. The number of benzene rings is 2. The van der Waals surface area contributed by atoms with Gasteiger partial charge in [0.25, 0.3) is 11.4 Å². The number of nitrogens with one attached hydrogen (secondary N) is 1. The fourth-order valence-electron chi connectivity index (χ4n) is 16.6. The van der Waals surface area contributed by atoms with Crippen LogP contribution in [0.1, 0.15) is 116 Å². The summed E-state index contributed by atoms with van der Waals surface area (Å²) in [4.78, 5) is 23.3. The summed E-state index contributed by atoms with van der Waals surface area (Å²) >= 11 is 0. The molecule has 10 rings (SSSR count). The lowest BCUT2D eigenvalue weighted by Crippen LogP contribution is -2.65. The molecule has 0 spiro atoms. The molecule has 9 heteroatoms. The third-order valence-electron chi connectivity index (χ3n) is 17.7. The molecule has 2 aromatic carbocycles. The number of nitro benzene ring substituents is 2. The summed E-state index contributed by atoms with van der Waals surface area (Å²) < 4.78 is 0. The van der Waals surface area contributed by atoms with Gasteiger partial charge in [-0.3, -0.25) is 20.2 Å². The first-order valence-electron chi connectivity index (χ1n) is 21.9. The maximum Gasteiger partial charge on any atom is 0.276 e. The first-order valence-corrected chi connectivity index (χ1v) is 21.9. The molecule has 16 atom stereocenters. The average molecular weight is 726 g/mol. The van der Waals surface area contributed by atoms with Crippen LogP contribution in [0, 0.1) is 109 Å². The molecule has 288 valence electrons. The van der Waals surface area contributed by atoms with Gasteiger partial charge in [-0.15, -0.1) is 0 Å². The van der Waals surface area contributed by atoms with Gasteiger partial charge < -0.3 is 16.8 Å². The molecule has 8 fully saturated rings. The van der Waals surface area contributed by atoms with Crippen LogP contribution in [0.4, 0.5) is 22.7 Å². The van der Waals surface area contributed by atoms with E-state index in [1.807, 2.05) is 13.8 Å². The molecule has 2 aromatic rings. The van der Waals surface area contributed by atoms with Crippen LogP contribution in [0.5, 0.6) is 0 Å². The number of hydrogen-bond donors (Lipinski definition) is 3. The summed E-state index contributed by atoms with van der Waals surface area (Å²) in [5.41, 5.74) is 13.1. The van der Waals surface area contributed by atoms with E-state index in [1.54, 1.807) is 0 Å². The van der Waals surface area contributed by atoms with Crippen molar-refractivity contribution >= 4 is 33.5 Å². The monoisotopic (exact) mass is 725 g/mol. The van der Waals surface area contributed by atoms with Crippen molar-refractivity contribution in [2.24, 2.45) is 88.8 Å². The Kier molecular flexibility index (Phi) is 9.22. The Morgan fingerprint density at radius 1 is 0.623 bits per heavy atom. The molecular weight excluding hydrogens is 663 g/mol. The lowest BCUT2D eigenvalue weighted by molar-refractivity contribution is -0.385. The Morgan fingerprint density at radius 3 is 1.66 bits per heavy atom. The number of nitrogens with two attached hydrogens (primary N) is 2. The minimum atomic E-state index is -0.489. The van der Waals surface area contributed by atoms with Crippen LogP contribution in [0.3, 0.4) is 0 Å². The second-order valence-corrected chi connectivity index (χ2v) is 19.0. The zero-order valence-electron chi connectivity index (χ0n) is 32.3. The van der Waals surface area contributed by atoms with Crippen LogP contribution < -0.4 is 16.8 Å². The smallest absolute Gasteiger partial charge is 0.276 e. The summed E-state index contributed by atoms with van der Waals surface area (Å²) in [6.07, 6.45) is 20.0. The molecule has 8 aliphatic carbocycles. The molecule has 0 bridgehead atoms. The van der Waals surface area contributed by atoms with Crippen LogP contribution in [0.25, 0.3) is 10.8 Å². The molecule has 53 heavy (non-hydrogen) atoms. The van der Waals surface area contributed by atoms with Gasteiger partial charge in [0.2, 0.25) is 0 Å².